The molecule has 3 rings (SSSR count). The minimum Gasteiger partial charge on any atom is -0.340 e. The Morgan fingerprint density at radius 3 is 2.50 bits per heavy atom. The number of benzene rings is 2. The van der Waals surface area contributed by atoms with Crippen molar-refractivity contribution in [2.24, 2.45) is 0 Å². The van der Waals surface area contributed by atoms with Gasteiger partial charge in [0.25, 0.3) is 17.7 Å². The lowest BCUT2D eigenvalue weighted by Gasteiger charge is -2.18. The topological polar surface area (TPSA) is 116 Å². The van der Waals surface area contributed by atoms with Crippen LogP contribution in [-0.4, -0.2) is 46.0 Å². The number of nitrogens with one attached hydrogen (secondary N) is 4. The van der Waals surface area contributed by atoms with Crippen molar-refractivity contribution in [3.63, 3.8) is 0 Å². The molecule has 1 unspecified atom stereocenters. The van der Waals surface area contributed by atoms with E-state index in [2.05, 4.69) is 26.4 Å². The van der Waals surface area contributed by atoms with Crippen LogP contribution in [-0.2, 0) is 4.79 Å². The van der Waals surface area contributed by atoms with Gasteiger partial charge in [0.15, 0.2) is 0 Å². The minimum absolute atomic E-state index is 0.202. The number of carbonyl (C=O) groups excluding carboxylic acids is 3. The van der Waals surface area contributed by atoms with Gasteiger partial charge in [0.1, 0.15) is 11.7 Å². The predicted octanol–water partition coefficient (Wildman–Crippen LogP) is 2.70. The molecular formula is C23H25N5O3S. The zero-order valence-corrected chi connectivity index (χ0v) is 18.7. The highest BCUT2D eigenvalue weighted by atomic mass is 32.2. The number of aryl methyl sites for hydroxylation is 1. The van der Waals surface area contributed by atoms with Crippen LogP contribution >= 0.6 is 11.8 Å². The highest BCUT2D eigenvalue weighted by molar-refractivity contribution is 7.98. The maximum absolute atomic E-state index is 12.7. The number of amides is 3. The van der Waals surface area contributed by atoms with E-state index in [1.165, 1.54) is 0 Å². The molecule has 0 aliphatic heterocycles. The molecule has 1 aromatic heterocycles. The fraction of sp³-hybridized carbons (Fsp3) is 0.217. The minimum atomic E-state index is -0.794. The van der Waals surface area contributed by atoms with E-state index in [0.717, 1.165) is 11.1 Å². The Hall–Kier alpha value is -3.59. The maximum Gasteiger partial charge on any atom is 0.287 e. The van der Waals surface area contributed by atoms with Gasteiger partial charge in [-0.25, -0.2) is 0 Å². The van der Waals surface area contributed by atoms with Crippen molar-refractivity contribution in [3.05, 3.63) is 77.5 Å². The molecule has 0 aliphatic rings. The summed E-state index contributed by atoms with van der Waals surface area (Å²) in [7, 11) is 0. The first kappa shape index (κ1) is 23.1. The standard InChI is InChI=1S/C23H25N5O3S/c1-15-7-6-10-17(13-15)21(29)24-18(11-12-32-2)22(30)27-28-23(31)20-14-19(25-26-20)16-8-4-3-5-9-16/h3-10,13-14,18H,11-12H2,1-2H3,(H,24,29)(H,25,26)(H,27,30)(H,28,31). The van der Waals surface area contributed by atoms with Crippen LogP contribution in [0.3, 0.4) is 0 Å². The van der Waals surface area contributed by atoms with Crippen LogP contribution < -0.4 is 16.2 Å². The van der Waals surface area contributed by atoms with Gasteiger partial charge in [0.2, 0.25) is 0 Å². The Morgan fingerprint density at radius 1 is 1.00 bits per heavy atom. The zero-order chi connectivity index (χ0) is 22.9. The largest absolute Gasteiger partial charge is 0.340 e. The summed E-state index contributed by atoms with van der Waals surface area (Å²) in [5, 5.41) is 9.54. The van der Waals surface area contributed by atoms with Crippen molar-refractivity contribution in [1.82, 2.24) is 26.4 Å². The van der Waals surface area contributed by atoms with Crippen LogP contribution in [0.2, 0.25) is 0 Å². The number of hydrazine groups is 1. The lowest BCUT2D eigenvalue weighted by atomic mass is 10.1. The van der Waals surface area contributed by atoms with Gasteiger partial charge in [-0.05, 0) is 43.6 Å². The van der Waals surface area contributed by atoms with E-state index < -0.39 is 17.9 Å². The van der Waals surface area contributed by atoms with Gasteiger partial charge in [-0.15, -0.1) is 0 Å². The Bertz CT molecular complexity index is 1080. The smallest absolute Gasteiger partial charge is 0.287 e. The fourth-order valence-electron chi connectivity index (χ4n) is 3.00. The van der Waals surface area contributed by atoms with Crippen LogP contribution in [0.1, 0.15) is 32.8 Å². The average molecular weight is 452 g/mol. The molecule has 0 aliphatic carbocycles. The van der Waals surface area contributed by atoms with Crippen molar-refractivity contribution in [2.45, 2.75) is 19.4 Å². The quantitative estimate of drug-likeness (QED) is 0.393. The lowest BCUT2D eigenvalue weighted by molar-refractivity contribution is -0.123. The first-order chi connectivity index (χ1) is 15.5. The Balaban J connectivity index is 1.60. The van der Waals surface area contributed by atoms with Crippen molar-refractivity contribution < 1.29 is 14.4 Å². The summed E-state index contributed by atoms with van der Waals surface area (Å²) < 4.78 is 0. The van der Waals surface area contributed by atoms with Gasteiger partial charge in [-0.3, -0.25) is 30.3 Å². The second-order valence-corrected chi connectivity index (χ2v) is 8.14. The first-order valence-corrected chi connectivity index (χ1v) is 11.4. The highest BCUT2D eigenvalue weighted by Crippen LogP contribution is 2.16. The molecule has 1 atom stereocenters. The van der Waals surface area contributed by atoms with Gasteiger partial charge < -0.3 is 5.32 Å². The molecule has 0 spiro atoms. The molecule has 1 heterocycles. The van der Waals surface area contributed by atoms with Gasteiger partial charge >= 0.3 is 0 Å². The summed E-state index contributed by atoms with van der Waals surface area (Å²) in [5.41, 5.74) is 7.88. The Morgan fingerprint density at radius 2 is 1.78 bits per heavy atom. The highest BCUT2D eigenvalue weighted by Gasteiger charge is 2.22. The SMILES string of the molecule is CSCCC(NC(=O)c1cccc(C)c1)C(=O)NNC(=O)c1cc(-c2ccccc2)n[nH]1. The van der Waals surface area contributed by atoms with Crippen LogP contribution in [0.25, 0.3) is 11.3 Å². The molecule has 0 saturated carbocycles. The molecule has 0 fully saturated rings. The third-order valence-corrected chi connectivity index (χ3v) is 5.35. The second kappa shape index (κ2) is 11.1. The Kier molecular flexibility index (Phi) is 8.04. The van der Waals surface area contributed by atoms with Crippen molar-refractivity contribution in [1.29, 1.82) is 0 Å². The van der Waals surface area contributed by atoms with Crippen molar-refractivity contribution in [2.75, 3.05) is 12.0 Å². The number of hydrogen-bond acceptors (Lipinski definition) is 5. The van der Waals surface area contributed by atoms with E-state index in [4.69, 9.17) is 0 Å². The molecule has 0 radical (unpaired) electrons. The van der Waals surface area contributed by atoms with Gasteiger partial charge in [0, 0.05) is 11.1 Å². The molecule has 9 heteroatoms. The summed E-state index contributed by atoms with van der Waals surface area (Å²) in [5.74, 6) is -0.721. The van der Waals surface area contributed by atoms with Crippen LogP contribution in [0.15, 0.2) is 60.7 Å². The fourth-order valence-corrected chi connectivity index (χ4v) is 3.47. The first-order valence-electron chi connectivity index (χ1n) is 10.1. The predicted molar refractivity (Wildman–Crippen MR) is 125 cm³/mol. The molecular weight excluding hydrogens is 426 g/mol. The zero-order valence-electron chi connectivity index (χ0n) is 17.8. The molecule has 2 aromatic carbocycles. The lowest BCUT2D eigenvalue weighted by Crippen LogP contribution is -2.52. The molecule has 0 saturated heterocycles. The normalized spacial score (nSPS) is 11.4. The summed E-state index contributed by atoms with van der Waals surface area (Å²) in [6, 6.07) is 17.3. The number of aromatic amines is 1. The number of aromatic nitrogens is 2. The summed E-state index contributed by atoms with van der Waals surface area (Å²) in [4.78, 5) is 37.7. The second-order valence-electron chi connectivity index (χ2n) is 7.15. The van der Waals surface area contributed by atoms with Crippen LogP contribution in [0.5, 0.6) is 0 Å². The molecule has 3 amide bonds. The summed E-state index contributed by atoms with van der Waals surface area (Å²) >= 11 is 1.56. The van der Waals surface area contributed by atoms with E-state index in [1.807, 2.05) is 49.6 Å². The third-order valence-electron chi connectivity index (χ3n) is 4.70. The van der Waals surface area contributed by atoms with Crippen molar-refractivity contribution >= 4 is 29.5 Å². The number of carbonyl (C=O) groups is 3. The maximum atomic E-state index is 12.7. The van der Waals surface area contributed by atoms with Crippen molar-refractivity contribution in [3.8, 4) is 11.3 Å². The monoisotopic (exact) mass is 451 g/mol. The molecule has 32 heavy (non-hydrogen) atoms. The van der Waals surface area contributed by atoms with Gasteiger partial charge in [-0.2, -0.15) is 16.9 Å². The van der Waals surface area contributed by atoms with E-state index in [-0.39, 0.29) is 11.6 Å². The number of rotatable bonds is 8. The molecule has 8 nitrogen and oxygen atoms in total. The van der Waals surface area contributed by atoms with Crippen LogP contribution in [0.4, 0.5) is 0 Å². The molecule has 3 aromatic rings. The summed E-state index contributed by atoms with van der Waals surface area (Å²) in [6.45, 7) is 1.89. The number of thioether (sulfide) groups is 1. The van der Waals surface area contributed by atoms with E-state index >= 15 is 0 Å². The average Bonchev–Trinajstić information content (AvgIpc) is 3.31. The van der Waals surface area contributed by atoms with Crippen LogP contribution in [0, 0.1) is 6.92 Å². The number of H-pyrrole nitrogens is 1. The summed E-state index contributed by atoms with van der Waals surface area (Å²) in [6.07, 6.45) is 2.34. The van der Waals surface area contributed by atoms with Gasteiger partial charge in [-0.1, -0.05) is 48.0 Å². The number of hydrogen-bond donors (Lipinski definition) is 4. The molecule has 166 valence electrons. The molecule has 4 N–H and O–H groups in total. The third kappa shape index (κ3) is 6.21. The van der Waals surface area contributed by atoms with E-state index in [9.17, 15) is 14.4 Å². The van der Waals surface area contributed by atoms with E-state index in [0.29, 0.717) is 23.4 Å². The van der Waals surface area contributed by atoms with E-state index in [1.54, 1.807) is 36.0 Å². The molecule has 0 bridgehead atoms. The number of nitrogens with zero attached hydrogens (tertiary/aromatic N) is 1. The van der Waals surface area contributed by atoms with Gasteiger partial charge in [0.05, 0.1) is 5.69 Å². The Labute approximate surface area is 190 Å².